The quantitative estimate of drug-likeness (QED) is 0.692. The maximum atomic E-state index is 12.4. The first-order valence-electron chi connectivity index (χ1n) is 6.91. The van der Waals surface area contributed by atoms with Crippen LogP contribution in [0.1, 0.15) is 36.8 Å². The highest BCUT2D eigenvalue weighted by molar-refractivity contribution is 5.23. The SMILES string of the molecule is FC(F)c1ccc(CNCCCOCC2CC2)cc1. The number of rotatable bonds is 9. The van der Waals surface area contributed by atoms with Gasteiger partial charge in [0.05, 0.1) is 0 Å². The van der Waals surface area contributed by atoms with E-state index >= 15 is 0 Å². The van der Waals surface area contributed by atoms with Gasteiger partial charge >= 0.3 is 0 Å². The second-order valence-electron chi connectivity index (χ2n) is 5.09. The van der Waals surface area contributed by atoms with Gasteiger partial charge in [0.2, 0.25) is 0 Å². The second-order valence-corrected chi connectivity index (χ2v) is 5.09. The molecule has 0 spiro atoms. The average molecular weight is 269 g/mol. The molecule has 0 amide bonds. The number of hydrogen-bond acceptors (Lipinski definition) is 2. The van der Waals surface area contributed by atoms with Crippen molar-refractivity contribution < 1.29 is 13.5 Å². The van der Waals surface area contributed by atoms with Crippen LogP contribution < -0.4 is 5.32 Å². The molecule has 4 heteroatoms. The van der Waals surface area contributed by atoms with Crippen molar-refractivity contribution in [1.82, 2.24) is 5.32 Å². The van der Waals surface area contributed by atoms with Gasteiger partial charge in [-0.05, 0) is 37.3 Å². The lowest BCUT2D eigenvalue weighted by Gasteiger charge is -2.06. The highest BCUT2D eigenvalue weighted by Gasteiger charge is 2.20. The van der Waals surface area contributed by atoms with E-state index in [0.717, 1.165) is 37.7 Å². The van der Waals surface area contributed by atoms with Crippen molar-refractivity contribution in [2.75, 3.05) is 19.8 Å². The molecule has 0 radical (unpaired) electrons. The van der Waals surface area contributed by atoms with Crippen molar-refractivity contribution in [2.24, 2.45) is 5.92 Å². The molecule has 1 aliphatic carbocycles. The molecule has 0 heterocycles. The first kappa shape index (κ1) is 14.4. The van der Waals surface area contributed by atoms with Crippen molar-refractivity contribution in [3.8, 4) is 0 Å². The van der Waals surface area contributed by atoms with Gasteiger partial charge in [0.1, 0.15) is 0 Å². The lowest BCUT2D eigenvalue weighted by molar-refractivity contribution is 0.122. The Morgan fingerprint density at radius 1 is 1.21 bits per heavy atom. The number of halogens is 2. The summed E-state index contributed by atoms with van der Waals surface area (Å²) in [5.41, 5.74) is 1.11. The van der Waals surface area contributed by atoms with Crippen LogP contribution in [0.3, 0.4) is 0 Å². The van der Waals surface area contributed by atoms with Crippen LogP contribution in [-0.4, -0.2) is 19.8 Å². The van der Waals surface area contributed by atoms with Gasteiger partial charge in [-0.1, -0.05) is 24.3 Å². The molecule has 0 atom stereocenters. The lowest BCUT2D eigenvalue weighted by atomic mass is 10.1. The molecule has 2 nitrogen and oxygen atoms in total. The van der Waals surface area contributed by atoms with Crippen LogP contribution in [-0.2, 0) is 11.3 Å². The average Bonchev–Trinajstić information content (AvgIpc) is 3.22. The fraction of sp³-hybridized carbons (Fsp3) is 0.600. The van der Waals surface area contributed by atoms with Gasteiger partial charge in [-0.25, -0.2) is 8.78 Å². The van der Waals surface area contributed by atoms with Gasteiger partial charge in [0, 0.05) is 25.3 Å². The molecule has 1 N–H and O–H groups in total. The van der Waals surface area contributed by atoms with E-state index in [0.29, 0.717) is 6.54 Å². The molecule has 0 unspecified atom stereocenters. The summed E-state index contributed by atoms with van der Waals surface area (Å²) >= 11 is 0. The molecule has 1 aromatic carbocycles. The van der Waals surface area contributed by atoms with Gasteiger partial charge in [-0.3, -0.25) is 0 Å². The van der Waals surface area contributed by atoms with Crippen molar-refractivity contribution in [3.05, 3.63) is 35.4 Å². The van der Waals surface area contributed by atoms with Crippen molar-refractivity contribution in [1.29, 1.82) is 0 Å². The fourth-order valence-electron chi connectivity index (χ4n) is 1.85. The van der Waals surface area contributed by atoms with E-state index in [1.807, 2.05) is 0 Å². The van der Waals surface area contributed by atoms with Crippen LogP contribution in [0.15, 0.2) is 24.3 Å². The third-order valence-corrected chi connectivity index (χ3v) is 3.25. The number of ether oxygens (including phenoxy) is 1. The Hall–Kier alpha value is -1.00. The molecule has 0 saturated heterocycles. The van der Waals surface area contributed by atoms with Gasteiger partial charge in [0.25, 0.3) is 6.43 Å². The molecule has 2 rings (SSSR count). The summed E-state index contributed by atoms with van der Waals surface area (Å²) < 4.78 is 30.2. The number of alkyl halides is 2. The Labute approximate surface area is 113 Å². The van der Waals surface area contributed by atoms with E-state index in [2.05, 4.69) is 5.32 Å². The molecule has 106 valence electrons. The van der Waals surface area contributed by atoms with Crippen LogP contribution in [0.2, 0.25) is 0 Å². The molecular formula is C15H21F2NO. The Kier molecular flexibility index (Phi) is 5.73. The number of nitrogens with one attached hydrogen (secondary N) is 1. The molecule has 0 aromatic heterocycles. The van der Waals surface area contributed by atoms with E-state index in [1.54, 1.807) is 12.1 Å². The van der Waals surface area contributed by atoms with Gasteiger partial charge in [0.15, 0.2) is 0 Å². The third-order valence-electron chi connectivity index (χ3n) is 3.25. The van der Waals surface area contributed by atoms with Crippen LogP contribution in [0.5, 0.6) is 0 Å². The normalized spacial score (nSPS) is 15.1. The molecule has 1 aliphatic rings. The smallest absolute Gasteiger partial charge is 0.263 e. The summed E-state index contributed by atoms with van der Waals surface area (Å²) in [5, 5.41) is 3.29. The minimum Gasteiger partial charge on any atom is -0.381 e. The van der Waals surface area contributed by atoms with Gasteiger partial charge in [-0.15, -0.1) is 0 Å². The summed E-state index contributed by atoms with van der Waals surface area (Å²) in [6.07, 6.45) is 1.26. The highest BCUT2D eigenvalue weighted by Crippen LogP contribution is 2.28. The predicted octanol–water partition coefficient (Wildman–Crippen LogP) is 3.53. The Balaban J connectivity index is 1.52. The van der Waals surface area contributed by atoms with Crippen LogP contribution in [0.25, 0.3) is 0 Å². The number of benzene rings is 1. The standard InChI is InChI=1S/C15H21F2NO/c16-15(17)14-6-4-12(5-7-14)10-18-8-1-9-19-11-13-2-3-13/h4-7,13,15,18H,1-3,8-11H2. The molecule has 1 fully saturated rings. The van der Waals surface area contributed by atoms with Crippen LogP contribution >= 0.6 is 0 Å². The Morgan fingerprint density at radius 3 is 2.58 bits per heavy atom. The minimum atomic E-state index is -2.38. The topological polar surface area (TPSA) is 21.3 Å². The molecule has 1 aromatic rings. The van der Waals surface area contributed by atoms with E-state index in [1.165, 1.54) is 25.0 Å². The van der Waals surface area contributed by atoms with Crippen molar-refractivity contribution in [3.63, 3.8) is 0 Å². The maximum Gasteiger partial charge on any atom is 0.263 e. The number of hydrogen-bond donors (Lipinski definition) is 1. The van der Waals surface area contributed by atoms with E-state index in [4.69, 9.17) is 4.74 Å². The van der Waals surface area contributed by atoms with Crippen molar-refractivity contribution in [2.45, 2.75) is 32.2 Å². The van der Waals surface area contributed by atoms with Crippen molar-refractivity contribution >= 4 is 0 Å². The van der Waals surface area contributed by atoms with E-state index < -0.39 is 6.43 Å². The maximum absolute atomic E-state index is 12.4. The summed E-state index contributed by atoms with van der Waals surface area (Å²) in [7, 11) is 0. The largest absolute Gasteiger partial charge is 0.381 e. The first-order chi connectivity index (χ1) is 9.25. The second kappa shape index (κ2) is 7.56. The van der Waals surface area contributed by atoms with Crippen LogP contribution in [0.4, 0.5) is 8.78 Å². The fourth-order valence-corrected chi connectivity index (χ4v) is 1.85. The molecule has 0 bridgehead atoms. The molecule has 19 heavy (non-hydrogen) atoms. The summed E-state index contributed by atoms with van der Waals surface area (Å²) in [5.74, 6) is 0.821. The van der Waals surface area contributed by atoms with Crippen LogP contribution in [0, 0.1) is 5.92 Å². The zero-order chi connectivity index (χ0) is 13.5. The summed E-state index contributed by atoms with van der Waals surface area (Å²) in [6, 6.07) is 6.47. The predicted molar refractivity (Wildman–Crippen MR) is 71.3 cm³/mol. The van der Waals surface area contributed by atoms with Gasteiger partial charge < -0.3 is 10.1 Å². The molecular weight excluding hydrogens is 248 g/mol. The summed E-state index contributed by atoms with van der Waals surface area (Å²) in [4.78, 5) is 0. The zero-order valence-corrected chi connectivity index (χ0v) is 11.1. The summed E-state index contributed by atoms with van der Waals surface area (Å²) in [6.45, 7) is 3.32. The third kappa shape index (κ3) is 5.66. The van der Waals surface area contributed by atoms with Gasteiger partial charge in [-0.2, -0.15) is 0 Å². The monoisotopic (exact) mass is 269 g/mol. The lowest BCUT2D eigenvalue weighted by Crippen LogP contribution is -2.16. The van der Waals surface area contributed by atoms with E-state index in [9.17, 15) is 8.78 Å². The van der Waals surface area contributed by atoms with E-state index in [-0.39, 0.29) is 5.56 Å². The molecule has 0 aliphatic heterocycles. The molecule has 1 saturated carbocycles. The Bertz CT molecular complexity index is 363. The minimum absolute atomic E-state index is 0.0808. The first-order valence-corrected chi connectivity index (χ1v) is 6.91. The Morgan fingerprint density at radius 2 is 1.95 bits per heavy atom. The zero-order valence-electron chi connectivity index (χ0n) is 11.1. The highest BCUT2D eigenvalue weighted by atomic mass is 19.3.